The van der Waals surface area contributed by atoms with Crippen LogP contribution in [0.25, 0.3) is 0 Å². The highest BCUT2D eigenvalue weighted by Gasteiger charge is 2.30. The second-order valence-electron chi connectivity index (χ2n) is 5.16. The van der Waals surface area contributed by atoms with Crippen LogP contribution in [0.3, 0.4) is 0 Å². The number of nitrogens with zero attached hydrogens (tertiary/aromatic N) is 1. The van der Waals surface area contributed by atoms with E-state index >= 15 is 0 Å². The van der Waals surface area contributed by atoms with Crippen molar-refractivity contribution in [2.75, 3.05) is 13.1 Å². The molecular weight excluding hydrogens is 256 g/mol. The van der Waals surface area contributed by atoms with Crippen molar-refractivity contribution in [1.29, 1.82) is 0 Å². The first kappa shape index (κ1) is 14.4. The van der Waals surface area contributed by atoms with E-state index in [0.717, 1.165) is 32.4 Å². The molecule has 1 aromatic heterocycles. The van der Waals surface area contributed by atoms with Gasteiger partial charge >= 0.3 is 6.03 Å². The van der Waals surface area contributed by atoms with Gasteiger partial charge in [0.2, 0.25) is 0 Å². The minimum atomic E-state index is 0.118. The lowest BCUT2D eigenvalue weighted by Crippen LogP contribution is -2.39. The van der Waals surface area contributed by atoms with Crippen molar-refractivity contribution in [2.45, 2.75) is 51.5 Å². The van der Waals surface area contributed by atoms with Gasteiger partial charge in [0, 0.05) is 18.0 Å². The minimum Gasteiger partial charge on any atom is -0.338 e. The SMILES string of the molecule is CCCCCCNC(=O)N1CCCC1c1cccs1. The topological polar surface area (TPSA) is 32.3 Å². The maximum absolute atomic E-state index is 12.2. The molecule has 2 heterocycles. The Hall–Kier alpha value is -1.03. The highest BCUT2D eigenvalue weighted by atomic mass is 32.1. The Morgan fingerprint density at radius 1 is 1.47 bits per heavy atom. The number of rotatable bonds is 6. The molecule has 1 unspecified atom stereocenters. The summed E-state index contributed by atoms with van der Waals surface area (Å²) >= 11 is 1.75. The predicted octanol–water partition coefficient (Wildman–Crippen LogP) is 4.17. The molecule has 0 radical (unpaired) electrons. The first-order valence-electron chi connectivity index (χ1n) is 7.40. The number of nitrogens with one attached hydrogen (secondary N) is 1. The van der Waals surface area contributed by atoms with Gasteiger partial charge in [-0.05, 0) is 30.7 Å². The summed E-state index contributed by atoms with van der Waals surface area (Å²) in [5.74, 6) is 0. The van der Waals surface area contributed by atoms with Crippen molar-refractivity contribution >= 4 is 17.4 Å². The lowest BCUT2D eigenvalue weighted by Gasteiger charge is -2.24. The molecule has 0 bridgehead atoms. The highest BCUT2D eigenvalue weighted by Crippen LogP contribution is 2.34. The van der Waals surface area contributed by atoms with Crippen LogP contribution < -0.4 is 5.32 Å². The van der Waals surface area contributed by atoms with Crippen LogP contribution in [0.4, 0.5) is 4.79 Å². The molecule has 1 saturated heterocycles. The molecule has 0 aromatic carbocycles. The molecule has 2 amide bonds. The Balaban J connectivity index is 1.78. The van der Waals surface area contributed by atoms with Crippen LogP contribution >= 0.6 is 11.3 Å². The van der Waals surface area contributed by atoms with Crippen LogP contribution in [0.1, 0.15) is 56.4 Å². The zero-order valence-electron chi connectivity index (χ0n) is 11.7. The molecule has 106 valence electrons. The summed E-state index contributed by atoms with van der Waals surface area (Å²) < 4.78 is 0. The van der Waals surface area contributed by atoms with Crippen LogP contribution in [0, 0.1) is 0 Å². The minimum absolute atomic E-state index is 0.118. The van der Waals surface area contributed by atoms with E-state index in [-0.39, 0.29) is 6.03 Å². The molecule has 1 N–H and O–H groups in total. The molecule has 1 aliphatic rings. The summed E-state index contributed by atoms with van der Waals surface area (Å²) in [6, 6.07) is 4.63. The third-order valence-electron chi connectivity index (χ3n) is 3.69. The predicted molar refractivity (Wildman–Crippen MR) is 80.5 cm³/mol. The Bertz CT molecular complexity index is 378. The van der Waals surface area contributed by atoms with Crippen LogP contribution in [0.15, 0.2) is 17.5 Å². The fraction of sp³-hybridized carbons (Fsp3) is 0.667. The molecule has 0 aliphatic carbocycles. The number of unbranched alkanes of at least 4 members (excludes halogenated alkanes) is 3. The summed E-state index contributed by atoms with van der Waals surface area (Å²) in [4.78, 5) is 15.5. The largest absolute Gasteiger partial charge is 0.338 e. The summed E-state index contributed by atoms with van der Waals surface area (Å²) in [5, 5.41) is 5.16. The van der Waals surface area contributed by atoms with Gasteiger partial charge in [0.15, 0.2) is 0 Å². The van der Waals surface area contributed by atoms with Gasteiger partial charge in [-0.25, -0.2) is 4.79 Å². The normalized spacial score (nSPS) is 18.8. The first-order valence-corrected chi connectivity index (χ1v) is 8.28. The average molecular weight is 280 g/mol. The van der Waals surface area contributed by atoms with Crippen molar-refractivity contribution < 1.29 is 4.79 Å². The Labute approximate surface area is 120 Å². The molecule has 1 atom stereocenters. The molecule has 2 rings (SSSR count). The molecule has 0 saturated carbocycles. The van der Waals surface area contributed by atoms with E-state index < -0.39 is 0 Å². The number of amides is 2. The molecule has 1 aromatic rings. The van der Waals surface area contributed by atoms with E-state index in [4.69, 9.17) is 0 Å². The third-order valence-corrected chi connectivity index (χ3v) is 4.67. The van der Waals surface area contributed by atoms with Gasteiger partial charge < -0.3 is 10.2 Å². The second kappa shape index (κ2) is 7.53. The average Bonchev–Trinajstić information content (AvgIpc) is 3.08. The van der Waals surface area contributed by atoms with Crippen LogP contribution in [0.5, 0.6) is 0 Å². The fourth-order valence-corrected chi connectivity index (χ4v) is 3.51. The monoisotopic (exact) mass is 280 g/mol. The van der Waals surface area contributed by atoms with Gasteiger partial charge in [-0.15, -0.1) is 11.3 Å². The molecule has 19 heavy (non-hydrogen) atoms. The van der Waals surface area contributed by atoms with Gasteiger partial charge in [0.25, 0.3) is 0 Å². The number of carbonyl (C=O) groups is 1. The third kappa shape index (κ3) is 3.96. The van der Waals surface area contributed by atoms with Crippen molar-refractivity contribution in [3.05, 3.63) is 22.4 Å². The number of urea groups is 1. The summed E-state index contributed by atoms with van der Waals surface area (Å²) in [5.41, 5.74) is 0. The highest BCUT2D eigenvalue weighted by molar-refractivity contribution is 7.10. The van der Waals surface area contributed by atoms with Crippen molar-refractivity contribution in [2.24, 2.45) is 0 Å². The van der Waals surface area contributed by atoms with Crippen molar-refractivity contribution in [3.63, 3.8) is 0 Å². The van der Waals surface area contributed by atoms with Gasteiger partial charge in [0.1, 0.15) is 0 Å². The van der Waals surface area contributed by atoms with Gasteiger partial charge in [-0.3, -0.25) is 0 Å². The first-order chi connectivity index (χ1) is 9.33. The lowest BCUT2D eigenvalue weighted by molar-refractivity contribution is 0.193. The number of thiophene rings is 1. The summed E-state index contributed by atoms with van der Waals surface area (Å²) in [7, 11) is 0. The Morgan fingerprint density at radius 3 is 3.11 bits per heavy atom. The standard InChI is InChI=1S/C15H24N2OS/c1-2-3-4-5-10-16-15(18)17-11-6-8-13(17)14-9-7-12-19-14/h7,9,12-13H,2-6,8,10-11H2,1H3,(H,16,18). The van der Waals surface area contributed by atoms with Gasteiger partial charge in [-0.2, -0.15) is 0 Å². The van der Waals surface area contributed by atoms with Crippen molar-refractivity contribution in [3.8, 4) is 0 Å². The smallest absolute Gasteiger partial charge is 0.317 e. The number of hydrogen-bond donors (Lipinski definition) is 1. The summed E-state index contributed by atoms with van der Waals surface area (Å²) in [6.07, 6.45) is 7.02. The zero-order chi connectivity index (χ0) is 13.5. The lowest BCUT2D eigenvalue weighted by atomic mass is 10.2. The fourth-order valence-electron chi connectivity index (χ4n) is 2.64. The van der Waals surface area contributed by atoms with E-state index in [1.165, 1.54) is 24.1 Å². The molecule has 1 fully saturated rings. The number of likely N-dealkylation sites (tertiary alicyclic amines) is 1. The van der Waals surface area contributed by atoms with E-state index in [9.17, 15) is 4.79 Å². The Kier molecular flexibility index (Phi) is 5.70. The van der Waals surface area contributed by atoms with Gasteiger partial charge in [-0.1, -0.05) is 32.3 Å². The quantitative estimate of drug-likeness (QED) is 0.779. The number of hydrogen-bond acceptors (Lipinski definition) is 2. The van der Waals surface area contributed by atoms with Crippen LogP contribution in [-0.2, 0) is 0 Å². The molecule has 0 spiro atoms. The molecule has 1 aliphatic heterocycles. The van der Waals surface area contributed by atoms with Crippen molar-refractivity contribution in [1.82, 2.24) is 10.2 Å². The maximum atomic E-state index is 12.2. The van der Waals surface area contributed by atoms with Crippen LogP contribution in [0.2, 0.25) is 0 Å². The molecule has 3 nitrogen and oxygen atoms in total. The number of carbonyl (C=O) groups excluding carboxylic acids is 1. The Morgan fingerprint density at radius 2 is 2.37 bits per heavy atom. The van der Waals surface area contributed by atoms with E-state index in [2.05, 4.69) is 29.8 Å². The van der Waals surface area contributed by atoms with E-state index in [0.29, 0.717) is 6.04 Å². The zero-order valence-corrected chi connectivity index (χ0v) is 12.5. The molecule has 4 heteroatoms. The van der Waals surface area contributed by atoms with E-state index in [1.807, 2.05) is 4.90 Å². The molecular formula is C15H24N2OS. The van der Waals surface area contributed by atoms with Crippen LogP contribution in [-0.4, -0.2) is 24.0 Å². The van der Waals surface area contributed by atoms with Gasteiger partial charge in [0.05, 0.1) is 6.04 Å². The maximum Gasteiger partial charge on any atom is 0.317 e. The second-order valence-corrected chi connectivity index (χ2v) is 6.14. The summed E-state index contributed by atoms with van der Waals surface area (Å²) in [6.45, 7) is 3.91. The van der Waals surface area contributed by atoms with E-state index in [1.54, 1.807) is 11.3 Å².